The SMILES string of the molecule is C.C.C.C.C.C.CC(C)(C)C1=CC(C(C)(C)C)C(=O)O1.CC(C)(C)C1CC(C(C)(C)C)C(=O)O1.CC(C)(C)C1CC(C(C)(C)C)C(=O)S1.CC(C)(C)Nc1cc(=O)n(C(C)(C)C)c(=O)[nH]1.CC(C)(C)Nc1cc(NC(C)(C)C)[nH]c(=O)n1.CC(C)(C)Nc1ccn(C(C)(C)C)c(=O)n1. The molecule has 6 N–H and O–H groups in total. The summed E-state index contributed by atoms with van der Waals surface area (Å²) in [5.41, 5.74) is -2.20. The molecule has 2 saturated heterocycles. The molecule has 3 aliphatic heterocycles. The van der Waals surface area contributed by atoms with Crippen molar-refractivity contribution in [1.29, 1.82) is 0 Å². The second-order valence-corrected chi connectivity index (χ2v) is 38.6. The molecule has 3 aromatic heterocycles. The summed E-state index contributed by atoms with van der Waals surface area (Å²) in [6, 6.07) is 5.05. The van der Waals surface area contributed by atoms with Gasteiger partial charge in [0.25, 0.3) is 5.56 Å². The van der Waals surface area contributed by atoms with Crippen molar-refractivity contribution < 1.29 is 23.9 Å². The lowest BCUT2D eigenvalue weighted by Crippen LogP contribution is -2.45. The smallest absolute Gasteiger partial charge is 0.349 e. The summed E-state index contributed by atoms with van der Waals surface area (Å²) in [4.78, 5) is 95.3. The van der Waals surface area contributed by atoms with E-state index in [2.05, 4.69) is 166 Å². The number of nitrogens with one attached hydrogen (secondary N) is 6. The Balaban J connectivity index is -0.000000256. The van der Waals surface area contributed by atoms with E-state index in [4.69, 9.17) is 9.47 Å². The fourth-order valence-electron chi connectivity index (χ4n) is 9.41. The summed E-state index contributed by atoms with van der Waals surface area (Å²) >= 11 is 1.57. The van der Waals surface area contributed by atoms with Crippen molar-refractivity contribution in [3.8, 4) is 0 Å². The zero-order valence-electron chi connectivity index (χ0n) is 64.1. The van der Waals surface area contributed by atoms with Gasteiger partial charge in [0.05, 0.1) is 11.8 Å². The Morgan fingerprint density at radius 1 is 0.469 bits per heavy atom. The monoisotopic (exact) mass is 1410 g/mol. The first-order valence-corrected chi connectivity index (χ1v) is 33.5. The highest BCUT2D eigenvalue weighted by Gasteiger charge is 2.46. The van der Waals surface area contributed by atoms with Crippen LogP contribution in [0.15, 0.2) is 55.4 Å². The van der Waals surface area contributed by atoms with Gasteiger partial charge in [-0.2, -0.15) is 9.97 Å². The maximum absolute atomic E-state index is 11.9. The minimum atomic E-state index is -0.523. The van der Waals surface area contributed by atoms with Crippen LogP contribution < -0.4 is 43.9 Å². The number of hydrogen-bond donors (Lipinski definition) is 6. The van der Waals surface area contributed by atoms with Gasteiger partial charge < -0.3 is 30.7 Å². The zero-order chi connectivity index (χ0) is 72.7. The molecule has 0 aliphatic carbocycles. The van der Waals surface area contributed by atoms with E-state index in [0.29, 0.717) is 33.6 Å². The molecule has 5 atom stereocenters. The van der Waals surface area contributed by atoms with Crippen molar-refractivity contribution in [2.45, 2.75) is 351 Å². The van der Waals surface area contributed by atoms with Crippen molar-refractivity contribution >= 4 is 52.1 Å². The summed E-state index contributed by atoms with van der Waals surface area (Å²) in [7, 11) is 0. The number of ether oxygens (including phenoxy) is 2. The first-order chi connectivity index (χ1) is 40.5. The van der Waals surface area contributed by atoms with Crippen LogP contribution in [0.5, 0.6) is 0 Å². The molecule has 3 aromatic rings. The second kappa shape index (κ2) is 37.3. The van der Waals surface area contributed by atoms with E-state index in [1.165, 1.54) is 10.6 Å². The van der Waals surface area contributed by atoms with Crippen molar-refractivity contribution in [2.75, 3.05) is 21.3 Å². The van der Waals surface area contributed by atoms with Crippen molar-refractivity contribution in [3.63, 3.8) is 0 Å². The number of aromatic amines is 2. The first kappa shape index (κ1) is 103. The highest BCUT2D eigenvalue weighted by atomic mass is 32.2. The quantitative estimate of drug-likeness (QED) is 0.133. The number of carbonyl (C=O) groups is 3. The Labute approximate surface area is 602 Å². The Morgan fingerprint density at radius 3 is 1.18 bits per heavy atom. The van der Waals surface area contributed by atoms with Crippen LogP contribution in [-0.2, 0) is 34.9 Å². The number of carbonyl (C=O) groups excluding carboxylic acids is 3. The minimum absolute atomic E-state index is 0. The molecule has 5 unspecified atom stereocenters. The Bertz CT molecular complexity index is 3090. The van der Waals surface area contributed by atoms with E-state index in [9.17, 15) is 33.6 Å². The van der Waals surface area contributed by atoms with E-state index in [0.717, 1.165) is 18.6 Å². The maximum atomic E-state index is 11.9. The Hall–Kier alpha value is -5.66. The summed E-state index contributed by atoms with van der Waals surface area (Å²) < 4.78 is 13.5. The predicted octanol–water partition coefficient (Wildman–Crippen LogP) is 19.6. The number of anilines is 4. The van der Waals surface area contributed by atoms with Gasteiger partial charge >= 0.3 is 29.0 Å². The number of nitrogens with zero attached hydrogens (tertiary/aromatic N) is 4. The molecule has 6 heterocycles. The summed E-state index contributed by atoms with van der Waals surface area (Å²) in [6.07, 6.45) is 5.76. The molecule has 98 heavy (non-hydrogen) atoms. The lowest BCUT2D eigenvalue weighted by Gasteiger charge is -2.28. The molecule has 0 aromatic carbocycles. The van der Waals surface area contributed by atoms with E-state index >= 15 is 0 Å². The van der Waals surface area contributed by atoms with E-state index in [1.807, 2.05) is 137 Å². The normalized spacial score (nSPS) is 18.1. The number of rotatable bonds is 4. The van der Waals surface area contributed by atoms with E-state index < -0.39 is 11.2 Å². The van der Waals surface area contributed by atoms with Gasteiger partial charge in [-0.05, 0) is 177 Å². The molecule has 3 aliphatic rings. The standard InChI is InChI=1S/C12H22N4O.C12H21N3O2.C12H21N3O.C12H22O2.C12H20O2.C12H22OS.6CH4/c1-11(2,3)15-8-7-9(14-10(17)13-8)16-12(4,5)6;1-11(2,3)14-8-7-9(16)15(10(17)13-8)12(4,5)6;1-11(2,3)14-9-7-8-15(10(16)13-9)12(4,5)6;3*1-11(2,3)8-7-9(12(4,5)6)14-10(8)13;;;;;;/h7H,1-6H3,(H3,13,14,15,16,17);7,14H,1-6H3,(H,13,17);7-8H,1-6H3,(H,13,14,16);8-9H,7H2,1-6H3;7-8H,1-6H3;8-9H,7H2,1-6H3;6*1H4. The average molecular weight is 1410 g/mol. The minimum Gasteiger partial charge on any atom is -0.462 e. The van der Waals surface area contributed by atoms with Gasteiger partial charge in [0.15, 0.2) is 5.12 Å². The third-order valence-corrected chi connectivity index (χ3v) is 16.1. The van der Waals surface area contributed by atoms with Crippen LogP contribution in [0.4, 0.5) is 23.3 Å². The summed E-state index contributed by atoms with van der Waals surface area (Å²) in [6.45, 7) is 73.7. The molecule has 0 spiro atoms. The molecule has 574 valence electrons. The topological polar surface area (TPSA) is 253 Å². The van der Waals surface area contributed by atoms with Crippen molar-refractivity contribution in [1.82, 2.24) is 29.1 Å². The van der Waals surface area contributed by atoms with Gasteiger partial charge in [-0.25, -0.2) is 14.4 Å². The molecule has 0 radical (unpaired) electrons. The third-order valence-electron chi connectivity index (χ3n) is 14.4. The molecular weight excluding hydrogens is 1250 g/mol. The number of cyclic esters (lactones) is 2. The predicted molar refractivity (Wildman–Crippen MR) is 425 cm³/mol. The summed E-state index contributed by atoms with van der Waals surface area (Å²) in [5.74, 6) is 3.21. The van der Waals surface area contributed by atoms with Crippen LogP contribution in [0.1, 0.15) is 307 Å². The van der Waals surface area contributed by atoms with E-state index in [1.54, 1.807) is 28.6 Å². The van der Waals surface area contributed by atoms with Gasteiger partial charge in [-0.15, -0.1) is 0 Å². The van der Waals surface area contributed by atoms with Crippen LogP contribution >= 0.6 is 11.8 Å². The maximum Gasteiger partial charge on any atom is 0.349 e. The van der Waals surface area contributed by atoms with Crippen LogP contribution in [0.2, 0.25) is 0 Å². The van der Waals surface area contributed by atoms with Gasteiger partial charge in [-0.3, -0.25) is 38.3 Å². The van der Waals surface area contributed by atoms with E-state index in [-0.39, 0.29) is 157 Å². The third kappa shape index (κ3) is 37.1. The Morgan fingerprint density at radius 2 is 0.898 bits per heavy atom. The molecule has 0 amide bonds. The van der Waals surface area contributed by atoms with Crippen LogP contribution in [0.25, 0.3) is 0 Å². The van der Waals surface area contributed by atoms with Crippen molar-refractivity contribution in [3.05, 3.63) is 78.0 Å². The second-order valence-electron chi connectivity index (χ2n) is 37.4. The number of allylic oxidation sites excluding steroid dienone is 1. The van der Waals surface area contributed by atoms with Crippen LogP contribution in [-0.4, -0.2) is 79.6 Å². The summed E-state index contributed by atoms with van der Waals surface area (Å²) in [5, 5.41) is 13.5. The Kier molecular flexibility index (Phi) is 39.4. The first-order valence-electron chi connectivity index (χ1n) is 32.6. The fourth-order valence-corrected chi connectivity index (χ4v) is 11.0. The van der Waals surface area contributed by atoms with Crippen molar-refractivity contribution in [2.24, 2.45) is 50.2 Å². The van der Waals surface area contributed by atoms with Gasteiger partial charge in [-0.1, -0.05) is 181 Å². The molecule has 6 rings (SSSR count). The number of hydrogen-bond acceptors (Lipinski definition) is 16. The van der Waals surface area contributed by atoms with Gasteiger partial charge in [0.1, 0.15) is 35.1 Å². The molecule has 0 saturated carbocycles. The largest absolute Gasteiger partial charge is 0.462 e. The molecular formula is C78H152N10O9S. The number of esters is 2. The zero-order valence-corrected chi connectivity index (χ0v) is 64.9. The van der Waals surface area contributed by atoms with Gasteiger partial charge in [0, 0.05) is 68.1 Å². The van der Waals surface area contributed by atoms with Gasteiger partial charge in [0.2, 0.25) is 0 Å². The number of thioether (sulfide) groups is 1. The lowest BCUT2D eigenvalue weighted by atomic mass is 9.76. The fraction of sp³-hybridized carbons (Fsp3) is 0.782. The lowest BCUT2D eigenvalue weighted by molar-refractivity contribution is -0.149. The molecule has 19 nitrogen and oxygen atoms in total. The number of aromatic nitrogens is 6. The molecule has 0 bridgehead atoms. The molecule has 20 heteroatoms. The van der Waals surface area contributed by atoms with Crippen LogP contribution in [0.3, 0.4) is 0 Å². The van der Waals surface area contributed by atoms with Crippen LogP contribution in [0, 0.1) is 50.2 Å². The highest BCUT2D eigenvalue weighted by Crippen LogP contribution is 2.49. The average Bonchev–Trinajstić information content (AvgIpc) is 1.21. The molecule has 2 fully saturated rings. The highest BCUT2D eigenvalue weighted by molar-refractivity contribution is 8.14. The number of H-pyrrole nitrogens is 2.